The van der Waals surface area contributed by atoms with Crippen LogP contribution in [0.1, 0.15) is 25.7 Å². The zero-order valence-electron chi connectivity index (χ0n) is 8.58. The first-order valence-corrected chi connectivity index (χ1v) is 5.86. The summed E-state index contributed by atoms with van der Waals surface area (Å²) in [4.78, 5) is 10.5. The number of rotatable bonds is 5. The Balaban J connectivity index is 2.78. The topological polar surface area (TPSA) is 138 Å². The van der Waals surface area contributed by atoms with Gasteiger partial charge < -0.3 is 5.11 Å². The van der Waals surface area contributed by atoms with Crippen molar-refractivity contribution in [2.75, 3.05) is 0 Å². The van der Waals surface area contributed by atoms with Crippen LogP contribution in [0.15, 0.2) is 0 Å². The highest BCUT2D eigenvalue weighted by molar-refractivity contribution is 7.90. The van der Waals surface area contributed by atoms with Gasteiger partial charge in [-0.2, -0.15) is 5.21 Å². The Morgan fingerprint density at radius 2 is 2.12 bits per heavy atom. The molecule has 0 aromatic carbocycles. The van der Waals surface area contributed by atoms with Crippen molar-refractivity contribution in [1.29, 1.82) is 0 Å². The zero-order valence-corrected chi connectivity index (χ0v) is 9.39. The van der Waals surface area contributed by atoms with Crippen molar-refractivity contribution in [2.45, 2.75) is 25.1 Å². The van der Waals surface area contributed by atoms with Gasteiger partial charge in [-0.3, -0.25) is 4.79 Å². The molecule has 9 nitrogen and oxygen atoms in total. The van der Waals surface area contributed by atoms with Gasteiger partial charge >= 0.3 is 5.97 Å². The first-order chi connectivity index (χ1) is 7.34. The number of H-pyrrole nitrogens is 1. The van der Waals surface area contributed by atoms with Crippen molar-refractivity contribution >= 4 is 16.0 Å². The zero-order chi connectivity index (χ0) is 12.3. The third kappa shape index (κ3) is 2.73. The van der Waals surface area contributed by atoms with Gasteiger partial charge in [0.05, 0.1) is 6.04 Å². The Kier molecular flexibility index (Phi) is 3.55. The SMILES string of the molecule is CC(NS(=O)(=O)C(C)C(=O)O)c1nn[nH]n1. The molecule has 90 valence electrons. The Morgan fingerprint density at radius 3 is 2.56 bits per heavy atom. The number of carboxylic acids is 1. The molecule has 0 spiro atoms. The minimum absolute atomic E-state index is 0.140. The van der Waals surface area contributed by atoms with Crippen LogP contribution in [0.25, 0.3) is 0 Å². The van der Waals surface area contributed by atoms with E-state index in [1.807, 2.05) is 0 Å². The van der Waals surface area contributed by atoms with E-state index in [1.165, 1.54) is 6.92 Å². The molecule has 0 aliphatic heterocycles. The van der Waals surface area contributed by atoms with E-state index in [4.69, 9.17) is 5.11 Å². The highest BCUT2D eigenvalue weighted by Gasteiger charge is 2.30. The average molecular weight is 249 g/mol. The maximum atomic E-state index is 11.5. The van der Waals surface area contributed by atoms with Crippen molar-refractivity contribution in [2.24, 2.45) is 0 Å². The molecule has 0 bridgehead atoms. The number of aromatic nitrogens is 4. The molecule has 0 radical (unpaired) electrons. The summed E-state index contributed by atoms with van der Waals surface area (Å²) in [5.74, 6) is -1.28. The minimum atomic E-state index is -3.96. The number of hydrogen-bond donors (Lipinski definition) is 3. The molecule has 1 heterocycles. The number of hydrogen-bond acceptors (Lipinski definition) is 6. The molecule has 2 unspecified atom stereocenters. The van der Waals surface area contributed by atoms with E-state index in [2.05, 4.69) is 25.3 Å². The van der Waals surface area contributed by atoms with E-state index in [0.717, 1.165) is 6.92 Å². The molecule has 1 aromatic heterocycles. The van der Waals surface area contributed by atoms with Crippen molar-refractivity contribution in [3.63, 3.8) is 0 Å². The summed E-state index contributed by atoms with van der Waals surface area (Å²) in [6.07, 6.45) is 0. The predicted molar refractivity (Wildman–Crippen MR) is 51.7 cm³/mol. The van der Waals surface area contributed by atoms with Gasteiger partial charge in [-0.15, -0.1) is 10.2 Å². The lowest BCUT2D eigenvalue weighted by Crippen LogP contribution is -2.39. The molecule has 3 N–H and O–H groups in total. The van der Waals surface area contributed by atoms with Crippen molar-refractivity contribution < 1.29 is 18.3 Å². The Bertz CT molecular complexity index is 455. The molecular formula is C6H11N5O4S. The van der Waals surface area contributed by atoms with Crippen LogP contribution in [-0.2, 0) is 14.8 Å². The number of tetrazole rings is 1. The first kappa shape index (κ1) is 12.5. The number of sulfonamides is 1. The number of aromatic amines is 1. The van der Waals surface area contributed by atoms with Crippen LogP contribution in [0, 0.1) is 0 Å². The van der Waals surface area contributed by atoms with Gasteiger partial charge in [0.25, 0.3) is 0 Å². The van der Waals surface area contributed by atoms with E-state index < -0.39 is 27.3 Å². The maximum Gasteiger partial charge on any atom is 0.323 e. The number of carboxylic acid groups (broad SMARTS) is 1. The average Bonchev–Trinajstić information content (AvgIpc) is 2.68. The van der Waals surface area contributed by atoms with Gasteiger partial charge in [-0.05, 0) is 13.8 Å². The first-order valence-electron chi connectivity index (χ1n) is 4.32. The monoisotopic (exact) mass is 249 g/mol. The van der Waals surface area contributed by atoms with Crippen LogP contribution in [-0.4, -0.2) is 45.4 Å². The second-order valence-corrected chi connectivity index (χ2v) is 5.17. The molecule has 0 aliphatic carbocycles. The molecule has 1 aromatic rings. The fraction of sp³-hybridized carbons (Fsp3) is 0.667. The standard InChI is InChI=1S/C6H11N5O4S/c1-3(5-7-10-11-8-5)9-16(14,15)4(2)6(12)13/h3-4,9H,1-2H3,(H,12,13)(H,7,8,10,11). The van der Waals surface area contributed by atoms with Crippen LogP contribution >= 0.6 is 0 Å². The number of nitrogens with zero attached hydrogens (tertiary/aromatic N) is 3. The van der Waals surface area contributed by atoms with Crippen LogP contribution in [0.3, 0.4) is 0 Å². The molecule has 1 rings (SSSR count). The molecule has 0 amide bonds. The molecule has 16 heavy (non-hydrogen) atoms. The van der Waals surface area contributed by atoms with E-state index in [-0.39, 0.29) is 5.82 Å². The molecular weight excluding hydrogens is 238 g/mol. The van der Waals surface area contributed by atoms with Crippen molar-refractivity contribution in [3.05, 3.63) is 5.82 Å². The molecule has 0 saturated heterocycles. The largest absolute Gasteiger partial charge is 0.480 e. The number of carbonyl (C=O) groups is 1. The summed E-state index contributed by atoms with van der Waals surface area (Å²) in [6, 6.07) is -0.745. The molecule has 0 fully saturated rings. The summed E-state index contributed by atoms with van der Waals surface area (Å²) in [5.41, 5.74) is 0. The van der Waals surface area contributed by atoms with E-state index >= 15 is 0 Å². The number of nitrogens with one attached hydrogen (secondary N) is 2. The Morgan fingerprint density at radius 1 is 1.50 bits per heavy atom. The van der Waals surface area contributed by atoms with Crippen molar-refractivity contribution in [3.8, 4) is 0 Å². The third-order valence-corrected chi connectivity index (χ3v) is 3.72. The molecule has 2 atom stereocenters. The van der Waals surface area contributed by atoms with Crippen LogP contribution in [0.4, 0.5) is 0 Å². The maximum absolute atomic E-state index is 11.5. The normalized spacial score (nSPS) is 15.6. The lowest BCUT2D eigenvalue weighted by molar-refractivity contribution is -0.136. The molecule has 0 saturated carbocycles. The predicted octanol–water partition coefficient (Wildman–Crippen LogP) is -1.35. The van der Waals surface area contributed by atoms with Gasteiger partial charge in [-0.25, -0.2) is 13.1 Å². The van der Waals surface area contributed by atoms with Crippen LogP contribution in [0.5, 0.6) is 0 Å². The lowest BCUT2D eigenvalue weighted by Gasteiger charge is -2.13. The van der Waals surface area contributed by atoms with Gasteiger partial charge in [0, 0.05) is 0 Å². The second-order valence-electron chi connectivity index (χ2n) is 3.14. The molecule has 0 aliphatic rings. The third-order valence-electron chi connectivity index (χ3n) is 1.90. The second kappa shape index (κ2) is 4.53. The van der Waals surface area contributed by atoms with Crippen molar-refractivity contribution in [1.82, 2.24) is 25.3 Å². The van der Waals surface area contributed by atoms with Crippen LogP contribution < -0.4 is 4.72 Å². The summed E-state index contributed by atoms with van der Waals surface area (Å²) >= 11 is 0. The summed E-state index contributed by atoms with van der Waals surface area (Å²) < 4.78 is 25.1. The highest BCUT2D eigenvalue weighted by Crippen LogP contribution is 2.08. The Hall–Kier alpha value is -1.55. The summed E-state index contributed by atoms with van der Waals surface area (Å²) in [7, 11) is -3.96. The van der Waals surface area contributed by atoms with E-state index in [0.29, 0.717) is 0 Å². The minimum Gasteiger partial charge on any atom is -0.480 e. The van der Waals surface area contributed by atoms with E-state index in [1.54, 1.807) is 0 Å². The number of aliphatic carboxylic acids is 1. The van der Waals surface area contributed by atoms with Gasteiger partial charge in [-0.1, -0.05) is 5.21 Å². The summed E-state index contributed by atoms with van der Waals surface area (Å²) in [6.45, 7) is 2.56. The van der Waals surface area contributed by atoms with E-state index in [9.17, 15) is 13.2 Å². The summed E-state index contributed by atoms with van der Waals surface area (Å²) in [5, 5.41) is 19.7. The van der Waals surface area contributed by atoms with Gasteiger partial charge in [0.2, 0.25) is 10.0 Å². The van der Waals surface area contributed by atoms with Gasteiger partial charge in [0.15, 0.2) is 11.1 Å². The Labute approximate surface area is 91.3 Å². The lowest BCUT2D eigenvalue weighted by atomic mass is 10.4. The fourth-order valence-corrected chi connectivity index (χ4v) is 1.95. The smallest absolute Gasteiger partial charge is 0.323 e. The molecule has 10 heteroatoms. The fourth-order valence-electron chi connectivity index (χ4n) is 0.887. The quantitative estimate of drug-likeness (QED) is 0.586. The van der Waals surface area contributed by atoms with Gasteiger partial charge in [0.1, 0.15) is 0 Å². The van der Waals surface area contributed by atoms with Crippen LogP contribution in [0.2, 0.25) is 0 Å². The highest BCUT2D eigenvalue weighted by atomic mass is 32.2.